The standard InChI is InChI=1S/C13H21NO2/c1-4-11-6-7-12(13(10-11)15-3)16-9-8-14-5-2/h6-7,10,14H,4-5,8-9H2,1-3H3. The summed E-state index contributed by atoms with van der Waals surface area (Å²) < 4.78 is 10.9. The topological polar surface area (TPSA) is 30.5 Å². The molecule has 0 amide bonds. The second kappa shape index (κ2) is 7.12. The Morgan fingerprint density at radius 2 is 2.00 bits per heavy atom. The van der Waals surface area contributed by atoms with Gasteiger partial charge in [-0.1, -0.05) is 19.9 Å². The predicted molar refractivity (Wildman–Crippen MR) is 66.4 cm³/mol. The molecule has 0 aliphatic rings. The Morgan fingerprint density at radius 3 is 2.62 bits per heavy atom. The lowest BCUT2D eigenvalue weighted by Gasteiger charge is -2.11. The van der Waals surface area contributed by atoms with Gasteiger partial charge in [0.15, 0.2) is 11.5 Å². The third-order valence-electron chi connectivity index (χ3n) is 2.42. The Hall–Kier alpha value is -1.22. The first-order valence-corrected chi connectivity index (χ1v) is 5.82. The van der Waals surface area contributed by atoms with E-state index in [1.807, 2.05) is 12.1 Å². The Morgan fingerprint density at radius 1 is 1.19 bits per heavy atom. The van der Waals surface area contributed by atoms with Crippen LogP contribution >= 0.6 is 0 Å². The number of methoxy groups -OCH3 is 1. The zero-order chi connectivity index (χ0) is 11.8. The van der Waals surface area contributed by atoms with E-state index in [4.69, 9.17) is 9.47 Å². The van der Waals surface area contributed by atoms with Gasteiger partial charge in [0, 0.05) is 6.54 Å². The van der Waals surface area contributed by atoms with Crippen LogP contribution in [-0.2, 0) is 6.42 Å². The minimum atomic E-state index is 0.662. The Kier molecular flexibility index (Phi) is 5.72. The van der Waals surface area contributed by atoms with Crippen molar-refractivity contribution in [2.75, 3.05) is 26.8 Å². The molecule has 1 aromatic rings. The molecule has 0 fully saturated rings. The van der Waals surface area contributed by atoms with Crippen LogP contribution in [0.5, 0.6) is 11.5 Å². The molecule has 0 radical (unpaired) electrons. The van der Waals surface area contributed by atoms with Gasteiger partial charge in [-0.25, -0.2) is 0 Å². The highest BCUT2D eigenvalue weighted by Gasteiger charge is 2.04. The summed E-state index contributed by atoms with van der Waals surface area (Å²) >= 11 is 0. The molecule has 0 heterocycles. The zero-order valence-electron chi connectivity index (χ0n) is 10.4. The molecular weight excluding hydrogens is 202 g/mol. The van der Waals surface area contributed by atoms with E-state index in [0.717, 1.165) is 31.0 Å². The summed E-state index contributed by atoms with van der Waals surface area (Å²) in [4.78, 5) is 0. The van der Waals surface area contributed by atoms with Crippen molar-refractivity contribution < 1.29 is 9.47 Å². The fourth-order valence-electron chi connectivity index (χ4n) is 1.46. The SMILES string of the molecule is CCNCCOc1ccc(CC)cc1OC. The van der Waals surface area contributed by atoms with Crippen molar-refractivity contribution in [2.24, 2.45) is 0 Å². The molecule has 0 bridgehead atoms. The molecule has 3 nitrogen and oxygen atoms in total. The van der Waals surface area contributed by atoms with Crippen LogP contribution < -0.4 is 14.8 Å². The number of hydrogen-bond acceptors (Lipinski definition) is 3. The van der Waals surface area contributed by atoms with Crippen LogP contribution in [0.25, 0.3) is 0 Å². The second-order valence-electron chi connectivity index (χ2n) is 3.54. The highest BCUT2D eigenvalue weighted by atomic mass is 16.5. The van der Waals surface area contributed by atoms with Gasteiger partial charge in [-0.2, -0.15) is 0 Å². The average Bonchev–Trinajstić information content (AvgIpc) is 2.34. The van der Waals surface area contributed by atoms with Crippen molar-refractivity contribution in [1.29, 1.82) is 0 Å². The van der Waals surface area contributed by atoms with Crippen LogP contribution in [-0.4, -0.2) is 26.8 Å². The molecule has 0 saturated heterocycles. The molecule has 90 valence electrons. The van der Waals surface area contributed by atoms with Crippen molar-refractivity contribution >= 4 is 0 Å². The molecule has 0 aliphatic heterocycles. The first-order valence-electron chi connectivity index (χ1n) is 5.82. The summed E-state index contributed by atoms with van der Waals surface area (Å²) in [5, 5.41) is 3.21. The van der Waals surface area contributed by atoms with Crippen LogP contribution in [0, 0.1) is 0 Å². The van der Waals surface area contributed by atoms with E-state index in [0.29, 0.717) is 6.61 Å². The minimum absolute atomic E-state index is 0.662. The maximum absolute atomic E-state index is 5.64. The first kappa shape index (κ1) is 12.8. The van der Waals surface area contributed by atoms with Crippen molar-refractivity contribution in [3.8, 4) is 11.5 Å². The van der Waals surface area contributed by atoms with Crippen molar-refractivity contribution in [2.45, 2.75) is 20.3 Å². The Bertz CT molecular complexity index is 313. The maximum atomic E-state index is 5.64. The fraction of sp³-hybridized carbons (Fsp3) is 0.538. The summed E-state index contributed by atoms with van der Waals surface area (Å²) in [7, 11) is 1.67. The summed E-state index contributed by atoms with van der Waals surface area (Å²) in [5.41, 5.74) is 1.26. The molecule has 3 heteroatoms. The molecular formula is C13H21NO2. The lowest BCUT2D eigenvalue weighted by molar-refractivity contribution is 0.293. The number of nitrogens with one attached hydrogen (secondary N) is 1. The average molecular weight is 223 g/mol. The van der Waals surface area contributed by atoms with Crippen LogP contribution in [0.3, 0.4) is 0 Å². The largest absolute Gasteiger partial charge is 0.493 e. The van der Waals surface area contributed by atoms with E-state index in [-0.39, 0.29) is 0 Å². The van der Waals surface area contributed by atoms with E-state index < -0.39 is 0 Å². The maximum Gasteiger partial charge on any atom is 0.161 e. The molecule has 1 aromatic carbocycles. The molecule has 0 spiro atoms. The van der Waals surface area contributed by atoms with Gasteiger partial charge < -0.3 is 14.8 Å². The van der Waals surface area contributed by atoms with E-state index in [2.05, 4.69) is 25.2 Å². The molecule has 0 aliphatic carbocycles. The molecule has 1 rings (SSSR count). The van der Waals surface area contributed by atoms with Crippen LogP contribution in [0.1, 0.15) is 19.4 Å². The van der Waals surface area contributed by atoms with Gasteiger partial charge in [-0.3, -0.25) is 0 Å². The van der Waals surface area contributed by atoms with Gasteiger partial charge in [-0.05, 0) is 30.7 Å². The third-order valence-corrected chi connectivity index (χ3v) is 2.42. The van der Waals surface area contributed by atoms with E-state index >= 15 is 0 Å². The molecule has 1 N–H and O–H groups in total. The molecule has 0 unspecified atom stereocenters. The van der Waals surface area contributed by atoms with Crippen molar-refractivity contribution in [3.63, 3.8) is 0 Å². The summed E-state index contributed by atoms with van der Waals surface area (Å²) in [6, 6.07) is 6.08. The first-order chi connectivity index (χ1) is 7.81. The minimum Gasteiger partial charge on any atom is -0.493 e. The molecule has 0 aromatic heterocycles. The lowest BCUT2D eigenvalue weighted by atomic mass is 10.1. The zero-order valence-corrected chi connectivity index (χ0v) is 10.4. The Balaban J connectivity index is 2.57. The lowest BCUT2D eigenvalue weighted by Crippen LogP contribution is -2.20. The highest BCUT2D eigenvalue weighted by Crippen LogP contribution is 2.27. The number of ether oxygens (including phenoxy) is 2. The number of rotatable bonds is 7. The monoisotopic (exact) mass is 223 g/mol. The predicted octanol–water partition coefficient (Wildman–Crippen LogP) is 2.25. The number of benzene rings is 1. The highest BCUT2D eigenvalue weighted by molar-refractivity contribution is 5.42. The van der Waals surface area contributed by atoms with E-state index in [9.17, 15) is 0 Å². The number of aryl methyl sites for hydroxylation is 1. The summed E-state index contributed by atoms with van der Waals surface area (Å²) in [6.07, 6.45) is 1.01. The summed E-state index contributed by atoms with van der Waals surface area (Å²) in [5.74, 6) is 1.63. The van der Waals surface area contributed by atoms with Gasteiger partial charge in [0.25, 0.3) is 0 Å². The summed E-state index contributed by atoms with van der Waals surface area (Å²) in [6.45, 7) is 6.69. The van der Waals surface area contributed by atoms with E-state index in [1.54, 1.807) is 7.11 Å². The molecule has 0 atom stereocenters. The molecule has 16 heavy (non-hydrogen) atoms. The van der Waals surface area contributed by atoms with Crippen LogP contribution in [0.15, 0.2) is 18.2 Å². The second-order valence-corrected chi connectivity index (χ2v) is 3.54. The normalized spacial score (nSPS) is 10.2. The fourth-order valence-corrected chi connectivity index (χ4v) is 1.46. The quantitative estimate of drug-likeness (QED) is 0.719. The van der Waals surface area contributed by atoms with Gasteiger partial charge in [0.1, 0.15) is 6.61 Å². The van der Waals surface area contributed by atoms with Crippen molar-refractivity contribution in [1.82, 2.24) is 5.32 Å². The van der Waals surface area contributed by atoms with Gasteiger partial charge in [0.2, 0.25) is 0 Å². The smallest absolute Gasteiger partial charge is 0.161 e. The van der Waals surface area contributed by atoms with Gasteiger partial charge in [0.05, 0.1) is 7.11 Å². The van der Waals surface area contributed by atoms with Crippen LogP contribution in [0.2, 0.25) is 0 Å². The molecule has 0 saturated carbocycles. The number of hydrogen-bond donors (Lipinski definition) is 1. The third kappa shape index (κ3) is 3.74. The van der Waals surface area contributed by atoms with Gasteiger partial charge in [-0.15, -0.1) is 0 Å². The Labute approximate surface area is 97.8 Å². The van der Waals surface area contributed by atoms with Crippen molar-refractivity contribution in [3.05, 3.63) is 23.8 Å². The van der Waals surface area contributed by atoms with Gasteiger partial charge >= 0.3 is 0 Å². The number of likely N-dealkylation sites (N-methyl/N-ethyl adjacent to an activating group) is 1. The van der Waals surface area contributed by atoms with Crippen LogP contribution in [0.4, 0.5) is 0 Å². The van der Waals surface area contributed by atoms with E-state index in [1.165, 1.54) is 5.56 Å².